The van der Waals surface area contributed by atoms with Gasteiger partial charge in [0.25, 0.3) is 5.91 Å². The van der Waals surface area contributed by atoms with Gasteiger partial charge in [0.05, 0.1) is 29.9 Å². The van der Waals surface area contributed by atoms with E-state index in [2.05, 4.69) is 36.1 Å². The molecule has 2 aromatic heterocycles. The molecule has 1 aromatic carbocycles. The lowest BCUT2D eigenvalue weighted by Crippen LogP contribution is -2.17. The zero-order chi connectivity index (χ0) is 20.3. The van der Waals surface area contributed by atoms with Gasteiger partial charge < -0.3 is 10.1 Å². The molecule has 3 rings (SSSR count). The monoisotopic (exact) mass is 450 g/mol. The summed E-state index contributed by atoms with van der Waals surface area (Å²) in [6.45, 7) is 0.136. The lowest BCUT2D eigenvalue weighted by molar-refractivity contribution is 0.0594. The van der Waals surface area contributed by atoms with Gasteiger partial charge in [-0.1, -0.05) is 18.2 Å². The Labute approximate surface area is 166 Å². The van der Waals surface area contributed by atoms with Crippen LogP contribution in [-0.2, 0) is 11.3 Å². The third-order valence-corrected chi connectivity index (χ3v) is 4.31. The van der Waals surface area contributed by atoms with Crippen LogP contribution in [0.5, 0.6) is 0 Å². The van der Waals surface area contributed by atoms with E-state index in [4.69, 9.17) is 0 Å². The summed E-state index contributed by atoms with van der Waals surface area (Å²) in [5, 5.41) is 6.60. The average molecular weight is 451 g/mol. The predicted molar refractivity (Wildman–Crippen MR) is 98.9 cm³/mol. The third-order valence-electron chi connectivity index (χ3n) is 3.73. The molecular formula is C18H13BrF2N4O3. The van der Waals surface area contributed by atoms with E-state index in [-0.39, 0.29) is 23.9 Å². The number of carbonyl (C=O) groups is 2. The normalized spacial score (nSPS) is 10.6. The van der Waals surface area contributed by atoms with Crippen molar-refractivity contribution in [3.05, 3.63) is 75.7 Å². The molecule has 0 spiro atoms. The summed E-state index contributed by atoms with van der Waals surface area (Å²) in [5.74, 6) is -2.82. The first kappa shape index (κ1) is 19.6. The van der Waals surface area contributed by atoms with Gasteiger partial charge in [0, 0.05) is 11.8 Å². The number of ether oxygens (including phenoxy) is 1. The number of esters is 1. The number of benzene rings is 1. The summed E-state index contributed by atoms with van der Waals surface area (Å²) < 4.78 is 34.1. The fourth-order valence-corrected chi connectivity index (χ4v) is 2.78. The topological polar surface area (TPSA) is 86.1 Å². The van der Waals surface area contributed by atoms with E-state index in [0.29, 0.717) is 10.0 Å². The number of hydrogen-bond donors (Lipinski definition) is 1. The van der Waals surface area contributed by atoms with E-state index < -0.39 is 23.3 Å². The van der Waals surface area contributed by atoms with Gasteiger partial charge >= 0.3 is 5.97 Å². The van der Waals surface area contributed by atoms with Crippen molar-refractivity contribution in [1.29, 1.82) is 0 Å². The molecule has 0 fully saturated rings. The Bertz CT molecular complexity index is 1060. The number of hydrogen-bond acceptors (Lipinski definition) is 5. The highest BCUT2D eigenvalue weighted by molar-refractivity contribution is 9.10. The van der Waals surface area contributed by atoms with Crippen LogP contribution in [0.15, 0.2) is 47.2 Å². The van der Waals surface area contributed by atoms with Crippen molar-refractivity contribution in [3.63, 3.8) is 0 Å². The lowest BCUT2D eigenvalue weighted by Gasteiger charge is -2.06. The number of nitrogens with zero attached hydrogens (tertiary/aromatic N) is 3. The summed E-state index contributed by atoms with van der Waals surface area (Å²) in [6, 6.07) is 7.21. The van der Waals surface area contributed by atoms with Gasteiger partial charge in [0.1, 0.15) is 11.5 Å². The van der Waals surface area contributed by atoms with Crippen LogP contribution in [0.1, 0.15) is 26.4 Å². The van der Waals surface area contributed by atoms with Gasteiger partial charge in [-0.05, 0) is 28.1 Å². The molecule has 0 radical (unpaired) electrons. The fourth-order valence-electron chi connectivity index (χ4n) is 2.37. The number of rotatable bonds is 5. The van der Waals surface area contributed by atoms with Crippen LogP contribution in [0.2, 0.25) is 0 Å². The number of methoxy groups -OCH3 is 1. The molecule has 0 unspecified atom stereocenters. The summed E-state index contributed by atoms with van der Waals surface area (Å²) in [6.07, 6.45) is 2.30. The molecule has 0 aliphatic carbocycles. The van der Waals surface area contributed by atoms with Crippen molar-refractivity contribution >= 4 is 33.6 Å². The van der Waals surface area contributed by atoms with E-state index in [1.165, 1.54) is 10.7 Å². The highest BCUT2D eigenvalue weighted by Crippen LogP contribution is 2.22. The number of pyridine rings is 1. The van der Waals surface area contributed by atoms with Crippen LogP contribution in [-0.4, -0.2) is 33.8 Å². The fraction of sp³-hybridized carbons (Fsp3) is 0.111. The minimum Gasteiger partial charge on any atom is -0.464 e. The number of aromatic nitrogens is 3. The second kappa shape index (κ2) is 8.26. The van der Waals surface area contributed by atoms with Gasteiger partial charge in [-0.25, -0.2) is 18.6 Å². The Balaban J connectivity index is 1.81. The molecule has 1 N–H and O–H groups in total. The second-order valence-electron chi connectivity index (χ2n) is 5.61. The molecule has 3 aromatic rings. The number of anilines is 1. The van der Waals surface area contributed by atoms with Gasteiger partial charge in [0.15, 0.2) is 11.6 Å². The SMILES string of the molecule is COC(=O)c1cc(C(=O)Nc2nn(Cc3ccccc3F)cc2Br)c(F)cn1. The van der Waals surface area contributed by atoms with Crippen molar-refractivity contribution in [2.45, 2.75) is 6.54 Å². The Hall–Kier alpha value is -3.14. The first-order valence-corrected chi connectivity index (χ1v) is 8.70. The zero-order valence-electron chi connectivity index (χ0n) is 14.4. The molecule has 0 bridgehead atoms. The van der Waals surface area contributed by atoms with Gasteiger partial charge in [-0.3, -0.25) is 9.48 Å². The molecule has 10 heteroatoms. The first-order valence-electron chi connectivity index (χ1n) is 7.90. The smallest absolute Gasteiger partial charge is 0.356 e. The number of halogens is 3. The van der Waals surface area contributed by atoms with Crippen LogP contribution < -0.4 is 5.32 Å². The van der Waals surface area contributed by atoms with Crippen molar-refractivity contribution in [2.24, 2.45) is 0 Å². The molecular weight excluding hydrogens is 438 g/mol. The number of nitrogens with one attached hydrogen (secondary N) is 1. The molecule has 0 aliphatic heterocycles. The van der Waals surface area contributed by atoms with E-state index in [1.54, 1.807) is 24.4 Å². The largest absolute Gasteiger partial charge is 0.464 e. The van der Waals surface area contributed by atoms with Gasteiger partial charge in [-0.2, -0.15) is 5.10 Å². The standard InChI is InChI=1S/C18H13BrF2N4O3/c1-28-18(27)15-6-11(14(21)7-22-15)17(26)23-16-12(19)9-25(24-16)8-10-4-2-3-5-13(10)20/h2-7,9H,8H2,1H3,(H,23,24,26). The summed E-state index contributed by atoms with van der Waals surface area (Å²) >= 11 is 3.25. The van der Waals surface area contributed by atoms with Crippen molar-refractivity contribution in [1.82, 2.24) is 14.8 Å². The minimum atomic E-state index is -0.910. The first-order chi connectivity index (χ1) is 13.4. The minimum absolute atomic E-state index is 0.108. The zero-order valence-corrected chi connectivity index (χ0v) is 16.0. The molecule has 0 aliphatic rings. The van der Waals surface area contributed by atoms with E-state index in [9.17, 15) is 18.4 Å². The van der Waals surface area contributed by atoms with Crippen molar-refractivity contribution < 1.29 is 23.1 Å². The molecule has 2 heterocycles. The molecule has 0 saturated heterocycles. The Kier molecular flexibility index (Phi) is 5.78. The van der Waals surface area contributed by atoms with Gasteiger partial charge in [0.2, 0.25) is 0 Å². The van der Waals surface area contributed by atoms with E-state index in [0.717, 1.165) is 19.4 Å². The Morgan fingerprint density at radius 3 is 2.71 bits per heavy atom. The Morgan fingerprint density at radius 2 is 2.00 bits per heavy atom. The van der Waals surface area contributed by atoms with Crippen molar-refractivity contribution in [3.8, 4) is 0 Å². The van der Waals surface area contributed by atoms with Crippen LogP contribution in [0.25, 0.3) is 0 Å². The number of amides is 1. The van der Waals surface area contributed by atoms with Crippen LogP contribution >= 0.6 is 15.9 Å². The third kappa shape index (κ3) is 4.22. The molecule has 0 saturated carbocycles. The highest BCUT2D eigenvalue weighted by atomic mass is 79.9. The van der Waals surface area contributed by atoms with Crippen LogP contribution in [0.4, 0.5) is 14.6 Å². The van der Waals surface area contributed by atoms with Crippen LogP contribution in [0, 0.1) is 11.6 Å². The summed E-state index contributed by atoms with van der Waals surface area (Å²) in [7, 11) is 1.15. The molecule has 0 atom stereocenters. The lowest BCUT2D eigenvalue weighted by atomic mass is 10.2. The summed E-state index contributed by atoms with van der Waals surface area (Å²) in [4.78, 5) is 27.5. The van der Waals surface area contributed by atoms with Crippen molar-refractivity contribution in [2.75, 3.05) is 12.4 Å². The second-order valence-corrected chi connectivity index (χ2v) is 6.46. The molecule has 7 nitrogen and oxygen atoms in total. The number of carbonyl (C=O) groups excluding carboxylic acids is 2. The Morgan fingerprint density at radius 1 is 1.25 bits per heavy atom. The highest BCUT2D eigenvalue weighted by Gasteiger charge is 2.19. The molecule has 1 amide bonds. The maximum absolute atomic E-state index is 14.0. The average Bonchev–Trinajstić information content (AvgIpc) is 3.02. The maximum atomic E-state index is 14.0. The quantitative estimate of drug-likeness (QED) is 0.602. The molecule has 144 valence electrons. The van der Waals surface area contributed by atoms with Gasteiger partial charge in [-0.15, -0.1) is 0 Å². The van der Waals surface area contributed by atoms with Crippen LogP contribution in [0.3, 0.4) is 0 Å². The molecule has 28 heavy (non-hydrogen) atoms. The summed E-state index contributed by atoms with van der Waals surface area (Å²) in [5.41, 5.74) is -0.192. The van der Waals surface area contributed by atoms with E-state index in [1.807, 2.05) is 0 Å². The maximum Gasteiger partial charge on any atom is 0.356 e. The van der Waals surface area contributed by atoms with E-state index >= 15 is 0 Å². The predicted octanol–water partition coefficient (Wildman–Crippen LogP) is 3.41.